The summed E-state index contributed by atoms with van der Waals surface area (Å²) >= 11 is 0. The van der Waals surface area contributed by atoms with Crippen molar-refractivity contribution in [2.24, 2.45) is 0 Å². The van der Waals surface area contributed by atoms with Crippen molar-refractivity contribution in [2.45, 2.75) is 161 Å². The van der Waals surface area contributed by atoms with E-state index in [9.17, 15) is 19.5 Å². The molecule has 1 amide bonds. The Morgan fingerprint density at radius 2 is 1.39 bits per heavy atom. The number of aliphatic hydroxyl groups excluding tert-OH is 1. The molecule has 44 heavy (non-hydrogen) atoms. The average molecular weight is 626 g/mol. The number of amides is 1. The number of rotatable bonds is 30. The van der Waals surface area contributed by atoms with Crippen LogP contribution in [-0.4, -0.2) is 80.0 Å². The zero-order chi connectivity index (χ0) is 32.9. The van der Waals surface area contributed by atoms with Crippen molar-refractivity contribution in [1.82, 2.24) is 5.32 Å². The molecule has 0 aliphatic rings. The summed E-state index contributed by atoms with van der Waals surface area (Å²) < 4.78 is 11.1. The van der Waals surface area contributed by atoms with E-state index in [1.807, 2.05) is 20.2 Å². The number of carbonyl (C=O) groups excluding carboxylic acids is 3. The molecule has 0 aromatic carbocycles. The van der Waals surface area contributed by atoms with Crippen LogP contribution in [0.5, 0.6) is 0 Å². The lowest BCUT2D eigenvalue weighted by Gasteiger charge is -2.30. The van der Waals surface area contributed by atoms with Gasteiger partial charge >= 0.3 is 11.9 Å². The molecule has 0 fully saturated rings. The van der Waals surface area contributed by atoms with E-state index in [1.54, 1.807) is 0 Å². The second-order valence-electron chi connectivity index (χ2n) is 13.1. The predicted molar refractivity (Wildman–Crippen MR) is 180 cm³/mol. The number of nitrogens with one attached hydrogen (secondary N) is 1. The molecule has 0 heterocycles. The topological polar surface area (TPSA) is 102 Å². The Bertz CT molecular complexity index is 755. The van der Waals surface area contributed by atoms with Crippen LogP contribution in [0.2, 0.25) is 0 Å². The second-order valence-corrected chi connectivity index (χ2v) is 13.1. The number of aliphatic hydroxyl groups is 1. The Balaban J connectivity index is 4.08. The Hall–Kier alpha value is -1.93. The molecule has 0 aromatic rings. The highest BCUT2D eigenvalue weighted by atomic mass is 16.6. The van der Waals surface area contributed by atoms with E-state index in [0.717, 1.165) is 70.8 Å². The summed E-state index contributed by atoms with van der Waals surface area (Å²) in [6, 6.07) is 0. The lowest BCUT2D eigenvalue weighted by Crippen LogP contribution is -2.47. The first-order valence-corrected chi connectivity index (χ1v) is 17.9. The first-order chi connectivity index (χ1) is 21.1. The maximum atomic E-state index is 12.7. The minimum atomic E-state index is -0.731. The number of likely N-dealkylation sites (N-methyl/N-ethyl adjacent to an activating group) is 1. The molecule has 0 aliphatic heterocycles. The van der Waals surface area contributed by atoms with Gasteiger partial charge in [0, 0.05) is 19.9 Å². The summed E-state index contributed by atoms with van der Waals surface area (Å²) in [5.74, 6) is -0.487. The van der Waals surface area contributed by atoms with Gasteiger partial charge in [0.1, 0.15) is 19.3 Å². The fourth-order valence-electron chi connectivity index (χ4n) is 5.15. The van der Waals surface area contributed by atoms with Crippen molar-refractivity contribution in [2.75, 3.05) is 40.3 Å². The van der Waals surface area contributed by atoms with Crippen LogP contribution in [0.1, 0.15) is 149 Å². The van der Waals surface area contributed by atoms with Crippen LogP contribution in [0.15, 0.2) is 12.2 Å². The summed E-state index contributed by atoms with van der Waals surface area (Å²) in [7, 11) is 3.79. The fourth-order valence-corrected chi connectivity index (χ4v) is 5.15. The molecule has 258 valence electrons. The molecule has 0 rings (SSSR count). The second kappa shape index (κ2) is 28.5. The number of nitrogens with zero attached hydrogens (tertiary/aromatic N) is 1. The first-order valence-electron chi connectivity index (χ1n) is 17.9. The molecule has 2 atom stereocenters. The van der Waals surface area contributed by atoms with E-state index in [-0.39, 0.29) is 31.0 Å². The Morgan fingerprint density at radius 1 is 0.795 bits per heavy atom. The molecule has 0 radical (unpaired) electrons. The van der Waals surface area contributed by atoms with Crippen molar-refractivity contribution in [3.63, 3.8) is 0 Å². The van der Waals surface area contributed by atoms with Gasteiger partial charge in [-0.05, 0) is 44.9 Å². The van der Waals surface area contributed by atoms with E-state index in [0.29, 0.717) is 30.3 Å². The highest BCUT2D eigenvalue weighted by molar-refractivity contribution is 5.75. The molecule has 0 bridgehead atoms. The smallest absolute Gasteiger partial charge is 0.362 e. The van der Waals surface area contributed by atoms with Crippen LogP contribution in [0.25, 0.3) is 0 Å². The van der Waals surface area contributed by atoms with Gasteiger partial charge in [0.25, 0.3) is 0 Å². The molecule has 2 N–H and O–H groups in total. The number of hydrogen-bond donors (Lipinski definition) is 2. The van der Waals surface area contributed by atoms with E-state index >= 15 is 0 Å². The number of quaternary nitrogens is 1. The van der Waals surface area contributed by atoms with Crippen molar-refractivity contribution in [3.05, 3.63) is 12.2 Å². The van der Waals surface area contributed by atoms with Crippen LogP contribution in [-0.2, 0) is 23.9 Å². The number of carbonyl (C=O) groups is 3. The minimum absolute atomic E-state index is 0.151. The van der Waals surface area contributed by atoms with Crippen molar-refractivity contribution in [1.29, 1.82) is 0 Å². The standard InChI is InChI=1S/C36H68N2O6/c1-6-8-10-11-12-17-20-24-28-37-35(41)27-23-19-16-14-13-15-18-22-25-33(40)34(26-21-9-7-2)44-36(42)31-38(4,5)29-30-43-32(3)39/h18,22,33-34,40H,6-17,19-21,23-31H2,1-5H3/p+1/b22-18-. The molecule has 8 nitrogen and oxygen atoms in total. The minimum Gasteiger partial charge on any atom is -0.460 e. The maximum Gasteiger partial charge on any atom is 0.362 e. The van der Waals surface area contributed by atoms with Gasteiger partial charge < -0.3 is 24.4 Å². The van der Waals surface area contributed by atoms with Gasteiger partial charge in [-0.25, -0.2) is 4.79 Å². The summed E-state index contributed by atoms with van der Waals surface area (Å²) in [6.07, 6.45) is 24.2. The van der Waals surface area contributed by atoms with Crippen LogP contribution >= 0.6 is 0 Å². The van der Waals surface area contributed by atoms with Gasteiger partial charge in [0.05, 0.1) is 20.2 Å². The molecule has 8 heteroatoms. The Morgan fingerprint density at radius 3 is 2.05 bits per heavy atom. The molecule has 0 saturated heterocycles. The third kappa shape index (κ3) is 27.6. The van der Waals surface area contributed by atoms with Gasteiger partial charge in [-0.3, -0.25) is 9.59 Å². The third-order valence-corrected chi connectivity index (χ3v) is 8.03. The number of unbranched alkanes of at least 4 members (excludes halogenated alkanes) is 14. The number of allylic oxidation sites excluding steroid dienone is 1. The predicted octanol–water partition coefficient (Wildman–Crippen LogP) is 7.41. The third-order valence-electron chi connectivity index (χ3n) is 8.03. The molecule has 0 aliphatic carbocycles. The molecule has 0 spiro atoms. The summed E-state index contributed by atoms with van der Waals surface area (Å²) in [5.41, 5.74) is 0. The summed E-state index contributed by atoms with van der Waals surface area (Å²) in [4.78, 5) is 35.7. The molecule has 0 aromatic heterocycles. The van der Waals surface area contributed by atoms with Gasteiger partial charge in [0.15, 0.2) is 6.54 Å². The Labute approximate surface area is 270 Å². The lowest BCUT2D eigenvalue weighted by atomic mass is 10.0. The highest BCUT2D eigenvalue weighted by Gasteiger charge is 2.27. The van der Waals surface area contributed by atoms with Crippen LogP contribution in [0.4, 0.5) is 0 Å². The molecular weight excluding hydrogens is 556 g/mol. The van der Waals surface area contributed by atoms with E-state index in [2.05, 4.69) is 25.2 Å². The first kappa shape index (κ1) is 42.1. The molecular formula is C36H69N2O6+. The van der Waals surface area contributed by atoms with E-state index < -0.39 is 12.2 Å². The van der Waals surface area contributed by atoms with Gasteiger partial charge in [-0.15, -0.1) is 0 Å². The number of esters is 2. The van der Waals surface area contributed by atoms with Crippen molar-refractivity contribution < 1.29 is 33.4 Å². The molecule has 2 unspecified atom stereocenters. The number of hydrogen-bond acceptors (Lipinski definition) is 6. The highest BCUT2D eigenvalue weighted by Crippen LogP contribution is 2.16. The fraction of sp³-hybridized carbons (Fsp3) is 0.861. The van der Waals surface area contributed by atoms with Gasteiger partial charge in [-0.1, -0.05) is 103 Å². The summed E-state index contributed by atoms with van der Waals surface area (Å²) in [6.45, 7) is 7.46. The largest absolute Gasteiger partial charge is 0.460 e. The summed E-state index contributed by atoms with van der Waals surface area (Å²) in [5, 5.41) is 13.9. The Kier molecular flexibility index (Phi) is 27.3. The number of ether oxygens (including phenoxy) is 2. The van der Waals surface area contributed by atoms with E-state index in [1.165, 1.54) is 51.9 Å². The normalized spacial score (nSPS) is 13.1. The zero-order valence-corrected chi connectivity index (χ0v) is 29.2. The van der Waals surface area contributed by atoms with E-state index in [4.69, 9.17) is 9.47 Å². The van der Waals surface area contributed by atoms with Crippen molar-refractivity contribution in [3.8, 4) is 0 Å². The van der Waals surface area contributed by atoms with Crippen molar-refractivity contribution >= 4 is 17.8 Å². The van der Waals surface area contributed by atoms with Crippen LogP contribution in [0.3, 0.4) is 0 Å². The quantitative estimate of drug-likeness (QED) is 0.0373. The van der Waals surface area contributed by atoms with Gasteiger partial charge in [0.2, 0.25) is 5.91 Å². The van der Waals surface area contributed by atoms with Crippen LogP contribution in [0, 0.1) is 0 Å². The van der Waals surface area contributed by atoms with Crippen LogP contribution < -0.4 is 5.32 Å². The van der Waals surface area contributed by atoms with Gasteiger partial charge in [-0.2, -0.15) is 0 Å². The molecule has 0 saturated carbocycles. The SMILES string of the molecule is CCCCCCCCCCNC(=O)CCCCCCC/C=C\CC(O)C(CCCCC)OC(=O)C[N+](C)(C)CCOC(C)=O. The monoisotopic (exact) mass is 626 g/mol. The lowest BCUT2D eigenvalue weighted by molar-refractivity contribution is -0.883. The zero-order valence-electron chi connectivity index (χ0n) is 29.2. The average Bonchev–Trinajstić information content (AvgIpc) is 2.96. The maximum absolute atomic E-state index is 12.7.